The minimum absolute atomic E-state index is 0.00407. The lowest BCUT2D eigenvalue weighted by atomic mass is 10.1. The standard InChI is InChI=1S/C22H23ClN2O7S/c1-2-21(27)24-16-5-3-15(4-6-16)20(26)14-32-22(28)18-13-17(7-8-19(18)23)33(29,30)25-9-11-31-12-10-25/h3-8,13H,2,9-12,14H2,1H3,(H,24,27). The van der Waals surface area contributed by atoms with Crippen LogP contribution in [0.15, 0.2) is 47.4 Å². The first-order valence-corrected chi connectivity index (χ1v) is 12.0. The van der Waals surface area contributed by atoms with Crippen molar-refractivity contribution in [1.82, 2.24) is 4.31 Å². The molecule has 2 aromatic carbocycles. The fraction of sp³-hybridized carbons (Fsp3) is 0.318. The van der Waals surface area contributed by atoms with E-state index in [0.29, 0.717) is 12.1 Å². The van der Waals surface area contributed by atoms with Gasteiger partial charge in [-0.2, -0.15) is 4.31 Å². The summed E-state index contributed by atoms with van der Waals surface area (Å²) in [6.45, 7) is 2.16. The minimum atomic E-state index is -3.83. The maximum absolute atomic E-state index is 12.8. The quantitative estimate of drug-likeness (QED) is 0.442. The number of nitrogens with one attached hydrogen (secondary N) is 1. The van der Waals surface area contributed by atoms with E-state index < -0.39 is 28.4 Å². The van der Waals surface area contributed by atoms with Crippen molar-refractivity contribution in [1.29, 1.82) is 0 Å². The third-order valence-electron chi connectivity index (χ3n) is 4.91. The van der Waals surface area contributed by atoms with Gasteiger partial charge in [0, 0.05) is 30.8 Å². The average Bonchev–Trinajstić information content (AvgIpc) is 2.83. The predicted molar refractivity (Wildman–Crippen MR) is 121 cm³/mol. The number of rotatable bonds is 8. The number of benzene rings is 2. The molecule has 1 N–H and O–H groups in total. The van der Waals surface area contributed by atoms with Crippen molar-refractivity contribution in [2.75, 3.05) is 38.2 Å². The summed E-state index contributed by atoms with van der Waals surface area (Å²) in [4.78, 5) is 36.2. The van der Waals surface area contributed by atoms with Crippen LogP contribution < -0.4 is 5.32 Å². The SMILES string of the molecule is CCC(=O)Nc1ccc(C(=O)COC(=O)c2cc(S(=O)(=O)N3CCOCC3)ccc2Cl)cc1. The molecule has 0 aliphatic carbocycles. The fourth-order valence-corrected chi connectivity index (χ4v) is 4.67. The summed E-state index contributed by atoms with van der Waals surface area (Å²) in [5.41, 5.74) is 0.670. The Kier molecular flexibility index (Phi) is 8.20. The van der Waals surface area contributed by atoms with Crippen LogP contribution in [0, 0.1) is 0 Å². The number of nitrogens with zero attached hydrogens (tertiary/aromatic N) is 1. The molecule has 9 nitrogen and oxygen atoms in total. The van der Waals surface area contributed by atoms with E-state index in [1.807, 2.05) is 0 Å². The Bertz CT molecular complexity index is 1140. The van der Waals surface area contributed by atoms with Gasteiger partial charge < -0.3 is 14.8 Å². The number of ketones is 1. The Labute approximate surface area is 196 Å². The van der Waals surface area contributed by atoms with Gasteiger partial charge in [0.25, 0.3) is 0 Å². The van der Waals surface area contributed by atoms with Gasteiger partial charge in [-0.1, -0.05) is 18.5 Å². The average molecular weight is 495 g/mol. The smallest absolute Gasteiger partial charge is 0.340 e. The maximum Gasteiger partial charge on any atom is 0.340 e. The van der Waals surface area contributed by atoms with E-state index in [1.165, 1.54) is 28.6 Å². The van der Waals surface area contributed by atoms with E-state index in [0.717, 1.165) is 6.07 Å². The number of sulfonamides is 1. The fourth-order valence-electron chi connectivity index (χ4n) is 3.04. The molecule has 0 atom stereocenters. The minimum Gasteiger partial charge on any atom is -0.454 e. The summed E-state index contributed by atoms with van der Waals surface area (Å²) in [5.74, 6) is -1.54. The van der Waals surface area contributed by atoms with Gasteiger partial charge in [0.1, 0.15) is 0 Å². The summed E-state index contributed by atoms with van der Waals surface area (Å²) >= 11 is 6.08. The molecule has 176 valence electrons. The van der Waals surface area contributed by atoms with Crippen molar-refractivity contribution in [2.24, 2.45) is 0 Å². The third-order valence-corrected chi connectivity index (χ3v) is 7.14. The van der Waals surface area contributed by atoms with E-state index in [-0.39, 0.29) is 53.3 Å². The highest BCUT2D eigenvalue weighted by Gasteiger charge is 2.28. The molecule has 0 saturated carbocycles. The Morgan fingerprint density at radius 1 is 1.09 bits per heavy atom. The number of halogens is 1. The van der Waals surface area contributed by atoms with Gasteiger partial charge >= 0.3 is 5.97 Å². The van der Waals surface area contributed by atoms with Crippen LogP contribution in [0.3, 0.4) is 0 Å². The number of carbonyl (C=O) groups excluding carboxylic acids is 3. The number of esters is 1. The molecule has 1 aliphatic rings. The lowest BCUT2D eigenvalue weighted by Gasteiger charge is -2.26. The highest BCUT2D eigenvalue weighted by Crippen LogP contribution is 2.24. The zero-order valence-corrected chi connectivity index (χ0v) is 19.4. The number of Topliss-reactive ketones (excluding diaryl/α,β-unsaturated/α-hetero) is 1. The first-order chi connectivity index (χ1) is 15.7. The molecule has 1 saturated heterocycles. The van der Waals surface area contributed by atoms with Gasteiger partial charge in [0.15, 0.2) is 12.4 Å². The molecular formula is C22H23ClN2O7S. The molecule has 2 aromatic rings. The van der Waals surface area contributed by atoms with Gasteiger partial charge in [-0.15, -0.1) is 0 Å². The van der Waals surface area contributed by atoms with Crippen molar-refractivity contribution >= 4 is 45.0 Å². The predicted octanol–water partition coefficient (Wildman–Crippen LogP) is 2.75. The molecule has 0 radical (unpaired) electrons. The van der Waals surface area contributed by atoms with Crippen molar-refractivity contribution in [3.05, 3.63) is 58.6 Å². The number of ether oxygens (including phenoxy) is 2. The molecule has 1 heterocycles. The summed E-state index contributed by atoms with van der Waals surface area (Å²) < 4.78 is 37.2. The third kappa shape index (κ3) is 6.17. The monoisotopic (exact) mass is 494 g/mol. The lowest BCUT2D eigenvalue weighted by molar-refractivity contribution is -0.115. The Hall–Kier alpha value is -2.79. The van der Waals surface area contributed by atoms with Gasteiger partial charge in [-0.25, -0.2) is 13.2 Å². The van der Waals surface area contributed by atoms with E-state index in [9.17, 15) is 22.8 Å². The molecule has 0 bridgehead atoms. The first kappa shape index (κ1) is 24.8. The number of hydrogen-bond acceptors (Lipinski definition) is 7. The second kappa shape index (κ2) is 10.9. The molecule has 11 heteroatoms. The number of amides is 1. The van der Waals surface area contributed by atoms with E-state index >= 15 is 0 Å². The van der Waals surface area contributed by atoms with E-state index in [2.05, 4.69) is 5.32 Å². The lowest BCUT2D eigenvalue weighted by Crippen LogP contribution is -2.40. The highest BCUT2D eigenvalue weighted by molar-refractivity contribution is 7.89. The largest absolute Gasteiger partial charge is 0.454 e. The molecule has 33 heavy (non-hydrogen) atoms. The van der Waals surface area contributed by atoms with Crippen LogP contribution in [0.4, 0.5) is 5.69 Å². The molecule has 3 rings (SSSR count). The Morgan fingerprint density at radius 2 is 1.76 bits per heavy atom. The number of carbonyl (C=O) groups is 3. The first-order valence-electron chi connectivity index (χ1n) is 10.2. The molecule has 0 aromatic heterocycles. The van der Waals surface area contributed by atoms with Gasteiger partial charge in [-0.05, 0) is 42.5 Å². The van der Waals surface area contributed by atoms with Gasteiger partial charge in [-0.3, -0.25) is 9.59 Å². The molecule has 1 amide bonds. The summed E-state index contributed by atoms with van der Waals surface area (Å²) in [6.07, 6.45) is 0.328. The van der Waals surface area contributed by atoms with Crippen molar-refractivity contribution in [3.8, 4) is 0 Å². The van der Waals surface area contributed by atoms with Crippen LogP contribution >= 0.6 is 11.6 Å². The van der Waals surface area contributed by atoms with E-state index in [1.54, 1.807) is 19.1 Å². The summed E-state index contributed by atoms with van der Waals surface area (Å²) in [7, 11) is -3.83. The molecule has 1 aliphatic heterocycles. The van der Waals surface area contributed by atoms with Crippen molar-refractivity contribution in [3.63, 3.8) is 0 Å². The Balaban J connectivity index is 1.67. The second-order valence-electron chi connectivity index (χ2n) is 7.14. The van der Waals surface area contributed by atoms with Gasteiger partial charge in [0.05, 0.1) is 28.7 Å². The molecular weight excluding hydrogens is 472 g/mol. The molecule has 0 unspecified atom stereocenters. The van der Waals surface area contributed by atoms with Gasteiger partial charge in [0.2, 0.25) is 15.9 Å². The zero-order chi connectivity index (χ0) is 24.0. The number of morpholine rings is 1. The van der Waals surface area contributed by atoms with Crippen LogP contribution in [0.1, 0.15) is 34.1 Å². The number of hydrogen-bond donors (Lipinski definition) is 1. The van der Waals surface area contributed by atoms with Crippen LogP contribution in [0.25, 0.3) is 0 Å². The topological polar surface area (TPSA) is 119 Å². The van der Waals surface area contributed by atoms with Crippen LogP contribution in [-0.2, 0) is 24.3 Å². The van der Waals surface area contributed by atoms with Crippen LogP contribution in [0.5, 0.6) is 0 Å². The number of anilines is 1. The second-order valence-corrected chi connectivity index (χ2v) is 9.48. The zero-order valence-electron chi connectivity index (χ0n) is 17.9. The molecule has 1 fully saturated rings. The Morgan fingerprint density at radius 3 is 2.39 bits per heavy atom. The van der Waals surface area contributed by atoms with E-state index in [4.69, 9.17) is 21.1 Å². The normalized spacial score (nSPS) is 14.5. The van der Waals surface area contributed by atoms with Crippen LogP contribution in [0.2, 0.25) is 5.02 Å². The van der Waals surface area contributed by atoms with Crippen molar-refractivity contribution in [2.45, 2.75) is 18.2 Å². The summed E-state index contributed by atoms with van der Waals surface area (Å²) in [6, 6.07) is 9.91. The summed E-state index contributed by atoms with van der Waals surface area (Å²) in [5, 5.41) is 2.67. The van der Waals surface area contributed by atoms with Crippen LogP contribution in [-0.4, -0.2) is 63.3 Å². The molecule has 0 spiro atoms. The maximum atomic E-state index is 12.8. The van der Waals surface area contributed by atoms with Crippen molar-refractivity contribution < 1.29 is 32.3 Å². The highest BCUT2D eigenvalue weighted by atomic mass is 35.5.